The molecule has 5 nitrogen and oxygen atoms in total. The van der Waals surface area contributed by atoms with Gasteiger partial charge in [0.25, 0.3) is 0 Å². The van der Waals surface area contributed by atoms with Crippen LogP contribution in [-0.4, -0.2) is 35.9 Å². The first-order valence-corrected chi connectivity index (χ1v) is 5.00. The summed E-state index contributed by atoms with van der Waals surface area (Å²) in [6, 6.07) is 0. The summed E-state index contributed by atoms with van der Waals surface area (Å²) >= 11 is 0. The molecule has 0 aromatic heterocycles. The van der Waals surface area contributed by atoms with Crippen molar-refractivity contribution in [2.75, 3.05) is 6.61 Å². The molecular weight excluding hydrogens is 200 g/mol. The van der Waals surface area contributed by atoms with E-state index >= 15 is 0 Å². The fourth-order valence-electron chi connectivity index (χ4n) is 0.802. The lowest BCUT2D eigenvalue weighted by Crippen LogP contribution is -2.26. The van der Waals surface area contributed by atoms with E-state index in [1.54, 1.807) is 13.8 Å². The lowest BCUT2D eigenvalue weighted by molar-refractivity contribution is -0.156. The van der Waals surface area contributed by atoms with E-state index in [9.17, 15) is 9.59 Å². The van der Waals surface area contributed by atoms with Gasteiger partial charge in [-0.15, -0.1) is 0 Å². The molecule has 5 heteroatoms. The van der Waals surface area contributed by atoms with Crippen molar-refractivity contribution >= 4 is 11.9 Å². The summed E-state index contributed by atoms with van der Waals surface area (Å²) in [7, 11) is 0. The average molecular weight is 218 g/mol. The molecule has 15 heavy (non-hydrogen) atoms. The first-order valence-electron chi connectivity index (χ1n) is 5.00. The Labute approximate surface area is 89.4 Å². The Bertz CT molecular complexity index is 212. The van der Waals surface area contributed by atoms with Gasteiger partial charge in [-0.3, -0.25) is 9.59 Å². The molecule has 0 saturated carbocycles. The molecule has 0 heterocycles. The molecule has 0 fully saturated rings. The summed E-state index contributed by atoms with van der Waals surface area (Å²) in [4.78, 5) is 22.0. The number of esters is 2. The fourth-order valence-corrected chi connectivity index (χ4v) is 0.802. The summed E-state index contributed by atoms with van der Waals surface area (Å²) in [5.41, 5.74) is 0. The maximum atomic E-state index is 11.1. The third kappa shape index (κ3) is 6.90. The number of aliphatic hydroxyl groups excluding tert-OH is 1. The van der Waals surface area contributed by atoms with Gasteiger partial charge in [-0.1, -0.05) is 0 Å². The van der Waals surface area contributed by atoms with Crippen LogP contribution in [-0.2, 0) is 19.1 Å². The smallest absolute Gasteiger partial charge is 0.306 e. The SMILES string of the molecule is CCOC(=O)CCC(=O)OC(C)C(C)O. The van der Waals surface area contributed by atoms with Crippen molar-refractivity contribution in [3.63, 3.8) is 0 Å². The maximum absolute atomic E-state index is 11.1. The topological polar surface area (TPSA) is 72.8 Å². The Hall–Kier alpha value is -1.10. The summed E-state index contributed by atoms with van der Waals surface area (Å²) in [5.74, 6) is -0.921. The normalized spacial score (nSPS) is 14.1. The van der Waals surface area contributed by atoms with Crippen molar-refractivity contribution in [2.45, 2.75) is 45.8 Å². The molecule has 1 N–H and O–H groups in total. The highest BCUT2D eigenvalue weighted by Gasteiger charge is 2.15. The van der Waals surface area contributed by atoms with Crippen LogP contribution in [0.1, 0.15) is 33.6 Å². The van der Waals surface area contributed by atoms with E-state index in [4.69, 9.17) is 9.84 Å². The Morgan fingerprint density at radius 3 is 2.20 bits per heavy atom. The minimum absolute atomic E-state index is 0.0131. The molecule has 0 saturated heterocycles. The van der Waals surface area contributed by atoms with Gasteiger partial charge in [0.2, 0.25) is 0 Å². The third-order valence-electron chi connectivity index (χ3n) is 1.84. The van der Waals surface area contributed by atoms with E-state index < -0.39 is 24.1 Å². The van der Waals surface area contributed by atoms with Crippen molar-refractivity contribution < 1.29 is 24.2 Å². The van der Waals surface area contributed by atoms with Gasteiger partial charge in [0, 0.05) is 0 Å². The van der Waals surface area contributed by atoms with E-state index in [0.29, 0.717) is 6.61 Å². The summed E-state index contributed by atoms with van der Waals surface area (Å²) in [5, 5.41) is 9.06. The number of carbonyl (C=O) groups is 2. The first kappa shape index (κ1) is 13.9. The number of ether oxygens (including phenoxy) is 2. The largest absolute Gasteiger partial charge is 0.466 e. The zero-order valence-electron chi connectivity index (χ0n) is 9.36. The number of aliphatic hydroxyl groups is 1. The van der Waals surface area contributed by atoms with Gasteiger partial charge in [0.1, 0.15) is 6.10 Å². The zero-order chi connectivity index (χ0) is 11.8. The van der Waals surface area contributed by atoms with E-state index in [0.717, 1.165) is 0 Å². The zero-order valence-corrected chi connectivity index (χ0v) is 9.36. The number of carbonyl (C=O) groups excluding carboxylic acids is 2. The Morgan fingerprint density at radius 2 is 1.73 bits per heavy atom. The summed E-state index contributed by atoms with van der Waals surface area (Å²) in [6.07, 6.45) is -1.27. The van der Waals surface area contributed by atoms with Crippen molar-refractivity contribution in [3.05, 3.63) is 0 Å². The van der Waals surface area contributed by atoms with Crippen LogP contribution in [0.5, 0.6) is 0 Å². The Balaban J connectivity index is 3.70. The second-order valence-electron chi connectivity index (χ2n) is 3.24. The van der Waals surface area contributed by atoms with Crippen molar-refractivity contribution in [3.8, 4) is 0 Å². The molecule has 2 unspecified atom stereocenters. The van der Waals surface area contributed by atoms with Gasteiger partial charge >= 0.3 is 11.9 Å². The lowest BCUT2D eigenvalue weighted by Gasteiger charge is -2.15. The van der Waals surface area contributed by atoms with Crippen LogP contribution in [0.3, 0.4) is 0 Å². The standard InChI is InChI=1S/C10H18O5/c1-4-14-9(12)5-6-10(13)15-8(3)7(2)11/h7-8,11H,4-6H2,1-3H3. The van der Waals surface area contributed by atoms with Crippen LogP contribution >= 0.6 is 0 Å². The predicted octanol–water partition coefficient (Wildman–Crippen LogP) is 0.642. The molecule has 88 valence electrons. The van der Waals surface area contributed by atoms with Crippen molar-refractivity contribution in [1.29, 1.82) is 0 Å². The van der Waals surface area contributed by atoms with Gasteiger partial charge in [0.05, 0.1) is 25.6 Å². The molecule has 0 radical (unpaired) electrons. The molecule has 0 spiro atoms. The number of hydrogen-bond acceptors (Lipinski definition) is 5. The van der Waals surface area contributed by atoms with Gasteiger partial charge in [-0.2, -0.15) is 0 Å². The predicted molar refractivity (Wildman–Crippen MR) is 53.1 cm³/mol. The summed E-state index contributed by atoms with van der Waals surface area (Å²) < 4.78 is 9.49. The molecule has 2 atom stereocenters. The Kier molecular flexibility index (Phi) is 6.70. The molecular formula is C10H18O5. The van der Waals surface area contributed by atoms with E-state index in [-0.39, 0.29) is 12.8 Å². The van der Waals surface area contributed by atoms with Crippen molar-refractivity contribution in [1.82, 2.24) is 0 Å². The average Bonchev–Trinajstić information content (AvgIpc) is 2.15. The van der Waals surface area contributed by atoms with Crippen LogP contribution in [0.15, 0.2) is 0 Å². The molecule has 0 rings (SSSR count). The quantitative estimate of drug-likeness (QED) is 0.662. The number of rotatable bonds is 6. The van der Waals surface area contributed by atoms with E-state index in [2.05, 4.69) is 4.74 Å². The molecule has 0 aliphatic carbocycles. The fraction of sp³-hybridized carbons (Fsp3) is 0.800. The molecule has 0 aliphatic heterocycles. The third-order valence-corrected chi connectivity index (χ3v) is 1.84. The first-order chi connectivity index (χ1) is 6.97. The van der Waals surface area contributed by atoms with Gasteiger partial charge < -0.3 is 14.6 Å². The van der Waals surface area contributed by atoms with Crippen molar-refractivity contribution in [2.24, 2.45) is 0 Å². The lowest BCUT2D eigenvalue weighted by atomic mass is 10.2. The molecule has 0 amide bonds. The molecule has 0 aromatic carbocycles. The highest BCUT2D eigenvalue weighted by Crippen LogP contribution is 2.02. The Morgan fingerprint density at radius 1 is 1.20 bits per heavy atom. The molecule has 0 bridgehead atoms. The van der Waals surface area contributed by atoms with Crippen LogP contribution in [0, 0.1) is 0 Å². The minimum atomic E-state index is -0.712. The second kappa shape index (κ2) is 7.23. The second-order valence-corrected chi connectivity index (χ2v) is 3.24. The highest BCUT2D eigenvalue weighted by atomic mass is 16.6. The number of hydrogen-bond donors (Lipinski definition) is 1. The van der Waals surface area contributed by atoms with E-state index in [1.807, 2.05) is 0 Å². The van der Waals surface area contributed by atoms with Gasteiger partial charge in [0.15, 0.2) is 0 Å². The summed E-state index contributed by atoms with van der Waals surface area (Å²) in [6.45, 7) is 5.12. The van der Waals surface area contributed by atoms with Gasteiger partial charge in [-0.05, 0) is 20.8 Å². The van der Waals surface area contributed by atoms with Crippen LogP contribution < -0.4 is 0 Å². The minimum Gasteiger partial charge on any atom is -0.466 e. The van der Waals surface area contributed by atoms with Crippen LogP contribution in [0.2, 0.25) is 0 Å². The molecule has 0 aromatic rings. The monoisotopic (exact) mass is 218 g/mol. The van der Waals surface area contributed by atoms with Crippen LogP contribution in [0.25, 0.3) is 0 Å². The van der Waals surface area contributed by atoms with E-state index in [1.165, 1.54) is 6.92 Å². The van der Waals surface area contributed by atoms with Gasteiger partial charge in [-0.25, -0.2) is 0 Å². The van der Waals surface area contributed by atoms with Crippen LogP contribution in [0.4, 0.5) is 0 Å². The maximum Gasteiger partial charge on any atom is 0.306 e. The molecule has 0 aliphatic rings. The highest BCUT2D eigenvalue weighted by molar-refractivity contribution is 5.77.